The van der Waals surface area contributed by atoms with Crippen LogP contribution in [0, 0.1) is 5.92 Å². The van der Waals surface area contributed by atoms with Crippen LogP contribution in [0.5, 0.6) is 0 Å². The predicted molar refractivity (Wildman–Crippen MR) is 85.0 cm³/mol. The minimum Gasteiger partial charge on any atom is -0.367 e. The Balaban J connectivity index is 1.74. The molecule has 1 N–H and O–H groups in total. The second-order valence-corrected chi connectivity index (χ2v) is 6.95. The van der Waals surface area contributed by atoms with Crippen LogP contribution in [0.4, 0.5) is 5.82 Å². The van der Waals surface area contributed by atoms with Crippen LogP contribution in [0.3, 0.4) is 0 Å². The first kappa shape index (κ1) is 13.4. The van der Waals surface area contributed by atoms with Crippen LogP contribution in [0.25, 0.3) is 5.65 Å². The van der Waals surface area contributed by atoms with Gasteiger partial charge in [-0.1, -0.05) is 31.4 Å². The Morgan fingerprint density at radius 1 is 1.29 bits per heavy atom. The Labute approximate surface area is 129 Å². The second-order valence-electron chi connectivity index (χ2n) is 6.55. The third-order valence-corrected chi connectivity index (χ3v) is 5.22. The third kappa shape index (κ3) is 2.50. The zero-order valence-corrected chi connectivity index (χ0v) is 13.1. The monoisotopic (exact) mass is 304 g/mol. The average molecular weight is 305 g/mol. The summed E-state index contributed by atoms with van der Waals surface area (Å²) in [6, 6.07) is 2.74. The molecule has 0 bridgehead atoms. The molecule has 2 saturated carbocycles. The molecule has 0 spiro atoms. The maximum Gasteiger partial charge on any atom is 0.176 e. The lowest BCUT2D eigenvalue weighted by Crippen LogP contribution is -2.18. The summed E-state index contributed by atoms with van der Waals surface area (Å²) in [5.41, 5.74) is 1.93. The quantitative estimate of drug-likeness (QED) is 0.918. The minimum atomic E-state index is 0.505. The largest absolute Gasteiger partial charge is 0.367 e. The summed E-state index contributed by atoms with van der Waals surface area (Å²) in [6.45, 7) is 2.28. The molecule has 21 heavy (non-hydrogen) atoms. The molecule has 4 rings (SSSR count). The Morgan fingerprint density at radius 2 is 2.05 bits per heavy atom. The maximum absolute atomic E-state index is 6.26. The van der Waals surface area contributed by atoms with Crippen LogP contribution < -0.4 is 5.32 Å². The molecule has 1 unspecified atom stereocenters. The van der Waals surface area contributed by atoms with Gasteiger partial charge in [-0.05, 0) is 31.6 Å². The molecule has 1 atom stereocenters. The highest BCUT2D eigenvalue weighted by Crippen LogP contribution is 2.42. The van der Waals surface area contributed by atoms with Gasteiger partial charge < -0.3 is 5.32 Å². The third-order valence-electron chi connectivity index (χ3n) is 4.95. The summed E-state index contributed by atoms with van der Waals surface area (Å²) in [7, 11) is 0. The van der Waals surface area contributed by atoms with Gasteiger partial charge in [0.1, 0.15) is 10.8 Å². The van der Waals surface area contributed by atoms with Gasteiger partial charge in [0.15, 0.2) is 5.65 Å². The van der Waals surface area contributed by atoms with E-state index in [1.165, 1.54) is 38.5 Å². The van der Waals surface area contributed by atoms with E-state index in [2.05, 4.69) is 23.4 Å². The molecular formula is C16H21ClN4. The fourth-order valence-corrected chi connectivity index (χ4v) is 3.57. The molecule has 0 amide bonds. The fraction of sp³-hybridized carbons (Fsp3) is 0.625. The highest BCUT2D eigenvalue weighted by atomic mass is 35.5. The van der Waals surface area contributed by atoms with Crippen LogP contribution in [0.15, 0.2) is 12.3 Å². The summed E-state index contributed by atoms with van der Waals surface area (Å²) in [5, 5.41) is 8.67. The highest BCUT2D eigenvalue weighted by Gasteiger charge is 2.30. The molecule has 2 aliphatic carbocycles. The van der Waals surface area contributed by atoms with E-state index in [0.717, 1.165) is 23.1 Å². The van der Waals surface area contributed by atoms with Crippen molar-refractivity contribution in [1.82, 2.24) is 14.6 Å². The smallest absolute Gasteiger partial charge is 0.176 e. The Bertz CT molecular complexity index is 656. The molecule has 0 aliphatic heterocycles. The molecule has 0 aromatic carbocycles. The van der Waals surface area contributed by atoms with E-state index < -0.39 is 0 Å². The fourth-order valence-electron chi connectivity index (χ4n) is 3.41. The van der Waals surface area contributed by atoms with Gasteiger partial charge in [-0.15, -0.1) is 0 Å². The second kappa shape index (κ2) is 5.16. The molecule has 2 aliphatic rings. The average Bonchev–Trinajstić information content (AvgIpc) is 3.09. The molecule has 0 saturated heterocycles. The summed E-state index contributed by atoms with van der Waals surface area (Å²) < 4.78 is 1.85. The van der Waals surface area contributed by atoms with E-state index in [-0.39, 0.29) is 0 Å². The minimum absolute atomic E-state index is 0.505. The molecule has 0 radical (unpaired) electrons. The normalized spacial score (nSPS) is 21.0. The van der Waals surface area contributed by atoms with Crippen molar-refractivity contribution in [2.24, 2.45) is 5.92 Å². The van der Waals surface area contributed by atoms with Crippen molar-refractivity contribution < 1.29 is 0 Å². The van der Waals surface area contributed by atoms with Crippen molar-refractivity contribution in [3.8, 4) is 0 Å². The van der Waals surface area contributed by atoms with E-state index >= 15 is 0 Å². The van der Waals surface area contributed by atoms with Crippen LogP contribution in [-0.2, 0) is 0 Å². The number of hydrogen-bond acceptors (Lipinski definition) is 3. The number of halogens is 1. The van der Waals surface area contributed by atoms with Gasteiger partial charge in [0.25, 0.3) is 0 Å². The number of rotatable bonds is 4. The first-order chi connectivity index (χ1) is 10.2. The molecular weight excluding hydrogens is 284 g/mol. The van der Waals surface area contributed by atoms with Gasteiger partial charge in [-0.2, -0.15) is 9.61 Å². The summed E-state index contributed by atoms with van der Waals surface area (Å²) in [6.07, 6.45) is 9.46. The van der Waals surface area contributed by atoms with Gasteiger partial charge in [0.2, 0.25) is 0 Å². The topological polar surface area (TPSA) is 42.2 Å². The van der Waals surface area contributed by atoms with E-state index in [1.54, 1.807) is 6.20 Å². The van der Waals surface area contributed by atoms with E-state index in [9.17, 15) is 0 Å². The van der Waals surface area contributed by atoms with E-state index in [0.29, 0.717) is 17.0 Å². The Kier molecular flexibility index (Phi) is 3.29. The highest BCUT2D eigenvalue weighted by molar-refractivity contribution is 6.33. The number of nitrogens with one attached hydrogen (secondary N) is 1. The van der Waals surface area contributed by atoms with Crippen LogP contribution >= 0.6 is 11.6 Å². The number of nitrogens with zero attached hydrogens (tertiary/aromatic N) is 3. The first-order valence-corrected chi connectivity index (χ1v) is 8.41. The molecule has 2 heterocycles. The van der Waals surface area contributed by atoms with E-state index in [1.807, 2.05) is 4.52 Å². The lowest BCUT2D eigenvalue weighted by Gasteiger charge is -2.17. The number of fused-ring (bicyclic) bond motifs is 1. The van der Waals surface area contributed by atoms with E-state index in [4.69, 9.17) is 16.6 Å². The summed E-state index contributed by atoms with van der Waals surface area (Å²) >= 11 is 6.26. The molecule has 2 aromatic rings. The van der Waals surface area contributed by atoms with Crippen molar-refractivity contribution >= 4 is 23.1 Å². The zero-order chi connectivity index (χ0) is 14.4. The van der Waals surface area contributed by atoms with Crippen molar-refractivity contribution in [1.29, 1.82) is 0 Å². The van der Waals surface area contributed by atoms with Gasteiger partial charge >= 0.3 is 0 Å². The van der Waals surface area contributed by atoms with Gasteiger partial charge in [-0.3, -0.25) is 0 Å². The van der Waals surface area contributed by atoms with Crippen molar-refractivity contribution in [2.75, 3.05) is 5.32 Å². The van der Waals surface area contributed by atoms with Crippen molar-refractivity contribution in [3.05, 3.63) is 23.0 Å². The molecule has 5 heteroatoms. The molecule has 2 aromatic heterocycles. The lowest BCUT2D eigenvalue weighted by atomic mass is 10.0. The first-order valence-electron chi connectivity index (χ1n) is 8.03. The number of aromatic nitrogens is 3. The molecule has 4 nitrogen and oxygen atoms in total. The van der Waals surface area contributed by atoms with Crippen LogP contribution in [-0.4, -0.2) is 20.6 Å². The lowest BCUT2D eigenvalue weighted by molar-refractivity contribution is 0.641. The number of anilines is 1. The van der Waals surface area contributed by atoms with Gasteiger partial charge in [-0.25, -0.2) is 4.98 Å². The van der Waals surface area contributed by atoms with Gasteiger partial charge in [0, 0.05) is 23.7 Å². The van der Waals surface area contributed by atoms with Crippen molar-refractivity contribution in [3.63, 3.8) is 0 Å². The van der Waals surface area contributed by atoms with Crippen LogP contribution in [0.1, 0.15) is 57.1 Å². The SMILES string of the molecule is CC(c1cc(NC2CCCC2)n2ncc(Cl)c2n1)C1CC1. The Hall–Kier alpha value is -1.29. The number of hydrogen-bond donors (Lipinski definition) is 1. The van der Waals surface area contributed by atoms with Crippen LogP contribution in [0.2, 0.25) is 5.02 Å². The van der Waals surface area contributed by atoms with Crippen molar-refractivity contribution in [2.45, 2.75) is 57.4 Å². The Morgan fingerprint density at radius 3 is 2.76 bits per heavy atom. The predicted octanol–water partition coefficient (Wildman–Crippen LogP) is 4.25. The maximum atomic E-state index is 6.26. The van der Waals surface area contributed by atoms with Gasteiger partial charge in [0.05, 0.1) is 6.20 Å². The zero-order valence-electron chi connectivity index (χ0n) is 12.3. The molecule has 2 fully saturated rings. The summed E-state index contributed by atoms with van der Waals surface area (Å²) in [4.78, 5) is 4.76. The molecule has 112 valence electrons. The summed E-state index contributed by atoms with van der Waals surface area (Å²) in [5.74, 6) is 2.34. The standard InChI is InChI=1S/C16H21ClN4/c1-10(11-6-7-11)14-8-15(19-12-4-2-3-5-12)21-16(20-14)13(17)9-18-21/h8-12,19H,2-7H2,1H3.